The third-order valence-corrected chi connectivity index (χ3v) is 3.86. The minimum atomic E-state index is -0.707. The van der Waals surface area contributed by atoms with Crippen molar-refractivity contribution in [2.75, 3.05) is 0 Å². The second kappa shape index (κ2) is 6.60. The third kappa shape index (κ3) is 3.42. The number of benzene rings is 1. The lowest BCUT2D eigenvalue weighted by molar-refractivity contribution is 0.0937. The van der Waals surface area contributed by atoms with Gasteiger partial charge in [-0.15, -0.1) is 0 Å². The van der Waals surface area contributed by atoms with Crippen LogP contribution in [0, 0.1) is 0 Å². The Morgan fingerprint density at radius 1 is 1.24 bits per heavy atom. The molecule has 1 amide bonds. The molecule has 0 saturated heterocycles. The number of nitrogens with zero attached hydrogens (tertiary/aromatic N) is 3. The molecule has 1 atom stereocenters. The van der Waals surface area contributed by atoms with Crippen LogP contribution in [0.1, 0.15) is 28.9 Å². The van der Waals surface area contributed by atoms with Crippen molar-refractivity contribution in [2.45, 2.75) is 13.0 Å². The molecule has 0 aliphatic carbocycles. The van der Waals surface area contributed by atoms with Gasteiger partial charge < -0.3 is 9.88 Å². The van der Waals surface area contributed by atoms with Gasteiger partial charge in [-0.1, -0.05) is 12.1 Å². The van der Waals surface area contributed by atoms with E-state index < -0.39 is 17.2 Å². The van der Waals surface area contributed by atoms with Crippen molar-refractivity contribution >= 4 is 5.91 Å². The van der Waals surface area contributed by atoms with Crippen molar-refractivity contribution in [3.8, 4) is 5.69 Å². The lowest BCUT2D eigenvalue weighted by atomic mass is 10.1. The van der Waals surface area contributed by atoms with E-state index >= 15 is 0 Å². The van der Waals surface area contributed by atoms with Gasteiger partial charge in [0.05, 0.1) is 11.7 Å². The Kier molecular flexibility index (Phi) is 4.34. The number of hydrogen-bond acceptors (Lipinski definition) is 4. The summed E-state index contributed by atoms with van der Waals surface area (Å²) >= 11 is 0. The summed E-state index contributed by atoms with van der Waals surface area (Å²) in [5, 5.41) is 6.91. The van der Waals surface area contributed by atoms with E-state index in [1.54, 1.807) is 10.9 Å². The summed E-state index contributed by atoms with van der Waals surface area (Å²) in [5.74, 6) is -0.541. The van der Waals surface area contributed by atoms with Crippen LogP contribution in [0.4, 0.5) is 0 Å². The highest BCUT2D eigenvalue weighted by atomic mass is 16.2. The number of carbonyl (C=O) groups is 1. The van der Waals surface area contributed by atoms with Crippen LogP contribution in [0.15, 0.2) is 58.5 Å². The van der Waals surface area contributed by atoms with Gasteiger partial charge in [0.1, 0.15) is 5.56 Å². The molecule has 2 heterocycles. The maximum absolute atomic E-state index is 12.3. The van der Waals surface area contributed by atoms with Crippen LogP contribution in [0.25, 0.3) is 5.69 Å². The molecule has 0 radical (unpaired) electrons. The van der Waals surface area contributed by atoms with E-state index in [2.05, 4.69) is 15.4 Å². The lowest BCUT2D eigenvalue weighted by Crippen LogP contribution is -2.37. The smallest absolute Gasteiger partial charge is 0.328 e. The second-order valence-electron chi connectivity index (χ2n) is 5.65. The number of amides is 1. The number of rotatable bonds is 4. The first-order valence-corrected chi connectivity index (χ1v) is 7.66. The Balaban J connectivity index is 1.77. The maximum Gasteiger partial charge on any atom is 0.328 e. The predicted octanol–water partition coefficient (Wildman–Crippen LogP) is 0.750. The number of hydrogen-bond donors (Lipinski definition) is 2. The number of aromatic nitrogens is 4. The molecule has 1 unspecified atom stereocenters. The summed E-state index contributed by atoms with van der Waals surface area (Å²) in [7, 11) is 1.46. The molecule has 3 rings (SSSR count). The van der Waals surface area contributed by atoms with Gasteiger partial charge in [-0.05, 0) is 30.7 Å². The van der Waals surface area contributed by atoms with Gasteiger partial charge in [0.25, 0.3) is 11.5 Å². The molecule has 0 bridgehead atoms. The average molecular weight is 339 g/mol. The zero-order chi connectivity index (χ0) is 18.0. The zero-order valence-electron chi connectivity index (χ0n) is 13.8. The third-order valence-electron chi connectivity index (χ3n) is 3.86. The monoisotopic (exact) mass is 339 g/mol. The lowest BCUT2D eigenvalue weighted by Gasteiger charge is -2.15. The molecule has 2 N–H and O–H groups in total. The Morgan fingerprint density at radius 3 is 2.60 bits per heavy atom. The average Bonchev–Trinajstić information content (AvgIpc) is 3.12. The normalized spacial score (nSPS) is 11.9. The SMILES string of the molecule is CC(NC(=O)c1cn(C)c(=O)[nH]c1=O)c1ccc(-n2cccn2)cc1. The number of aromatic amines is 1. The van der Waals surface area contributed by atoms with Crippen LogP contribution in [0.5, 0.6) is 0 Å². The highest BCUT2D eigenvalue weighted by Crippen LogP contribution is 2.15. The number of aryl methyl sites for hydroxylation is 1. The Hall–Kier alpha value is -3.42. The highest BCUT2D eigenvalue weighted by Gasteiger charge is 2.15. The zero-order valence-corrected chi connectivity index (χ0v) is 13.8. The van der Waals surface area contributed by atoms with Gasteiger partial charge >= 0.3 is 5.69 Å². The van der Waals surface area contributed by atoms with E-state index in [1.165, 1.54) is 13.2 Å². The molecule has 0 aliphatic rings. The van der Waals surface area contributed by atoms with Crippen LogP contribution in [0.3, 0.4) is 0 Å². The molecule has 3 aromatic rings. The van der Waals surface area contributed by atoms with Crippen molar-refractivity contribution in [1.29, 1.82) is 0 Å². The highest BCUT2D eigenvalue weighted by molar-refractivity contribution is 5.93. The van der Waals surface area contributed by atoms with E-state index in [0.717, 1.165) is 15.8 Å². The molecule has 8 nitrogen and oxygen atoms in total. The Labute approximate surface area is 142 Å². The van der Waals surface area contributed by atoms with Gasteiger partial charge in [-0.2, -0.15) is 5.10 Å². The van der Waals surface area contributed by atoms with Crippen LogP contribution in [-0.2, 0) is 7.05 Å². The number of nitrogens with one attached hydrogen (secondary N) is 2. The summed E-state index contributed by atoms with van der Waals surface area (Å²) in [6.45, 7) is 1.82. The fourth-order valence-corrected chi connectivity index (χ4v) is 2.42. The van der Waals surface area contributed by atoms with Gasteiger partial charge in [0.15, 0.2) is 0 Å². The molecule has 8 heteroatoms. The minimum absolute atomic E-state index is 0.109. The van der Waals surface area contributed by atoms with Gasteiger partial charge in [-0.3, -0.25) is 14.6 Å². The van der Waals surface area contributed by atoms with E-state index in [0.29, 0.717) is 0 Å². The molecule has 0 spiro atoms. The molecule has 1 aromatic carbocycles. The Bertz CT molecular complexity index is 1000. The molecule has 2 aromatic heterocycles. The summed E-state index contributed by atoms with van der Waals surface area (Å²) in [4.78, 5) is 37.6. The minimum Gasteiger partial charge on any atom is -0.345 e. The fraction of sp³-hybridized carbons (Fsp3) is 0.176. The first-order chi connectivity index (χ1) is 12.0. The van der Waals surface area contributed by atoms with E-state index in [4.69, 9.17) is 0 Å². The summed E-state index contributed by atoms with van der Waals surface area (Å²) in [5.41, 5.74) is 0.403. The van der Waals surface area contributed by atoms with Crippen LogP contribution in [0.2, 0.25) is 0 Å². The molecule has 128 valence electrons. The van der Waals surface area contributed by atoms with Crippen LogP contribution in [-0.4, -0.2) is 25.2 Å². The van der Waals surface area contributed by atoms with Crippen LogP contribution < -0.4 is 16.6 Å². The molecule has 25 heavy (non-hydrogen) atoms. The topological polar surface area (TPSA) is 102 Å². The molecule has 0 fully saturated rings. The van der Waals surface area contributed by atoms with Gasteiger partial charge in [0, 0.05) is 25.6 Å². The fourth-order valence-electron chi connectivity index (χ4n) is 2.42. The van der Waals surface area contributed by atoms with Crippen molar-refractivity contribution in [3.05, 3.63) is 80.9 Å². The summed E-state index contributed by atoms with van der Waals surface area (Å²) < 4.78 is 2.89. The predicted molar refractivity (Wildman–Crippen MR) is 91.7 cm³/mol. The van der Waals surface area contributed by atoms with Gasteiger partial charge in [0.2, 0.25) is 0 Å². The van der Waals surface area contributed by atoms with Gasteiger partial charge in [-0.25, -0.2) is 9.48 Å². The van der Waals surface area contributed by atoms with Crippen molar-refractivity contribution in [3.63, 3.8) is 0 Å². The molecule has 0 saturated carbocycles. The van der Waals surface area contributed by atoms with E-state index in [-0.39, 0.29) is 11.6 Å². The largest absolute Gasteiger partial charge is 0.345 e. The van der Waals surface area contributed by atoms with Crippen LogP contribution >= 0.6 is 0 Å². The van der Waals surface area contributed by atoms with Crippen molar-refractivity contribution < 1.29 is 4.79 Å². The standard InChI is InChI=1S/C17H17N5O3/c1-11(12-4-6-13(7-5-12)22-9-3-8-18-22)19-15(23)14-10-21(2)17(25)20-16(14)24/h3-11H,1-2H3,(H,19,23)(H,20,24,25). The number of carbonyl (C=O) groups excluding carboxylic acids is 1. The first kappa shape index (κ1) is 16.4. The molecular formula is C17H17N5O3. The summed E-state index contributed by atoms with van der Waals surface area (Å²) in [6.07, 6.45) is 4.76. The van der Waals surface area contributed by atoms with Crippen molar-refractivity contribution in [1.82, 2.24) is 24.6 Å². The molecule has 0 aliphatic heterocycles. The van der Waals surface area contributed by atoms with E-state index in [9.17, 15) is 14.4 Å². The first-order valence-electron chi connectivity index (χ1n) is 7.66. The quantitative estimate of drug-likeness (QED) is 0.732. The Morgan fingerprint density at radius 2 is 1.96 bits per heavy atom. The maximum atomic E-state index is 12.3. The summed E-state index contributed by atoms with van der Waals surface area (Å²) in [6, 6.07) is 9.07. The van der Waals surface area contributed by atoms with E-state index in [1.807, 2.05) is 43.5 Å². The number of H-pyrrole nitrogens is 1. The molecular weight excluding hydrogens is 322 g/mol. The second-order valence-corrected chi connectivity index (χ2v) is 5.65. The van der Waals surface area contributed by atoms with Crippen molar-refractivity contribution in [2.24, 2.45) is 7.05 Å².